The Kier molecular flexibility index (Phi) is 5.33. The molecule has 4 rings (SSSR count). The number of benzene rings is 1. The average molecular weight is 367 g/mol. The van der Waals surface area contributed by atoms with Crippen molar-refractivity contribution in [3.05, 3.63) is 53.9 Å². The fourth-order valence-electron chi connectivity index (χ4n) is 3.61. The van der Waals surface area contributed by atoms with Crippen molar-refractivity contribution in [3.63, 3.8) is 0 Å². The van der Waals surface area contributed by atoms with Crippen LogP contribution in [0.1, 0.15) is 30.6 Å². The molecule has 0 radical (unpaired) electrons. The molecule has 0 unspecified atom stereocenters. The van der Waals surface area contributed by atoms with Crippen LogP contribution in [0.3, 0.4) is 0 Å². The smallest absolute Gasteiger partial charge is 0.141 e. The molecule has 142 valence electrons. The summed E-state index contributed by atoms with van der Waals surface area (Å²) in [4.78, 5) is 4.81. The molecule has 7 heteroatoms. The van der Waals surface area contributed by atoms with Crippen LogP contribution in [0, 0.1) is 0 Å². The van der Waals surface area contributed by atoms with Gasteiger partial charge in [0.15, 0.2) is 0 Å². The van der Waals surface area contributed by atoms with Gasteiger partial charge in [-0.3, -0.25) is 4.68 Å². The molecule has 2 aromatic heterocycles. The van der Waals surface area contributed by atoms with Crippen molar-refractivity contribution in [2.24, 2.45) is 0 Å². The van der Waals surface area contributed by atoms with Gasteiger partial charge in [-0.2, -0.15) is 5.10 Å². The molecule has 3 aromatic rings. The van der Waals surface area contributed by atoms with Crippen LogP contribution in [0.25, 0.3) is 10.9 Å². The Labute approximate surface area is 158 Å². The summed E-state index contributed by atoms with van der Waals surface area (Å²) >= 11 is 0. The third-order valence-electron chi connectivity index (χ3n) is 4.94. The number of pyridine rings is 1. The van der Waals surface area contributed by atoms with Gasteiger partial charge in [0.1, 0.15) is 11.9 Å². The maximum atomic E-state index is 9.89. The van der Waals surface area contributed by atoms with Crippen LogP contribution in [-0.2, 0) is 17.7 Å². The molecule has 0 saturated heterocycles. The maximum absolute atomic E-state index is 9.89. The van der Waals surface area contributed by atoms with E-state index in [1.54, 1.807) is 0 Å². The Morgan fingerprint density at radius 1 is 1.30 bits per heavy atom. The maximum Gasteiger partial charge on any atom is 0.141 e. The molecule has 1 aromatic carbocycles. The van der Waals surface area contributed by atoms with Crippen LogP contribution < -0.4 is 10.9 Å². The summed E-state index contributed by atoms with van der Waals surface area (Å²) in [5, 5.41) is 15.4. The predicted molar refractivity (Wildman–Crippen MR) is 104 cm³/mol. The molecule has 7 nitrogen and oxygen atoms in total. The quantitative estimate of drug-likeness (QED) is 0.659. The molecule has 0 spiro atoms. The Morgan fingerprint density at radius 3 is 2.93 bits per heavy atom. The molecule has 0 saturated carbocycles. The van der Waals surface area contributed by atoms with E-state index in [4.69, 9.17) is 9.72 Å². The largest absolute Gasteiger partial charge is 0.394 e. The fraction of sp³-hybridized carbons (Fsp3) is 0.400. The number of rotatable bonds is 3. The van der Waals surface area contributed by atoms with E-state index in [1.165, 1.54) is 0 Å². The summed E-state index contributed by atoms with van der Waals surface area (Å²) in [6.07, 6.45) is 3.16. The minimum absolute atomic E-state index is 0.0635. The number of nitrogens with zero attached hydrogens (tertiary/aromatic N) is 3. The molecule has 27 heavy (non-hydrogen) atoms. The van der Waals surface area contributed by atoms with Gasteiger partial charge >= 0.3 is 0 Å². The Hall–Kier alpha value is -2.48. The van der Waals surface area contributed by atoms with Crippen LogP contribution in [0.4, 0.5) is 5.82 Å². The van der Waals surface area contributed by atoms with Crippen molar-refractivity contribution in [1.82, 2.24) is 20.2 Å². The zero-order valence-corrected chi connectivity index (χ0v) is 15.4. The van der Waals surface area contributed by atoms with Gasteiger partial charge in [-0.05, 0) is 31.4 Å². The summed E-state index contributed by atoms with van der Waals surface area (Å²) in [6, 6.07) is 11.8. The molecular weight excluding hydrogens is 342 g/mol. The van der Waals surface area contributed by atoms with Crippen LogP contribution >= 0.6 is 0 Å². The predicted octanol–water partition coefficient (Wildman–Crippen LogP) is 2.43. The average Bonchev–Trinajstić information content (AvgIpc) is 3.12. The summed E-state index contributed by atoms with van der Waals surface area (Å²) in [5.74, 6) is 0.743. The van der Waals surface area contributed by atoms with Crippen molar-refractivity contribution in [3.8, 4) is 0 Å². The summed E-state index contributed by atoms with van der Waals surface area (Å²) in [7, 11) is 0. The number of fused-ring (bicyclic) bond motifs is 4. The standard InChI is InChI=1S/C20H25N5O2/c1-2-25-20-15(12-21-25)11-18-22-16(20)9-6-10-27-17(13-26)19(24-23-18)14-7-4-3-5-8-14/h3-5,7-8,11-12,17,19,24,26H,2,6,9-10,13H2,1H3,(H,22,23)/t17-,19+/m0/s1. The van der Waals surface area contributed by atoms with E-state index in [0.717, 1.165) is 47.4 Å². The number of nitrogens with one attached hydrogen (secondary N) is 2. The number of aromatic nitrogens is 3. The number of hydrazine groups is 1. The highest BCUT2D eigenvalue weighted by Gasteiger charge is 2.24. The number of ether oxygens (including phenoxy) is 1. The molecule has 3 N–H and O–H groups in total. The topological polar surface area (TPSA) is 84.2 Å². The molecule has 3 heterocycles. The van der Waals surface area contributed by atoms with Crippen LogP contribution in [0.15, 0.2) is 42.6 Å². The Bertz CT molecular complexity index is 896. The van der Waals surface area contributed by atoms with Crippen LogP contribution in [0.5, 0.6) is 0 Å². The molecule has 2 bridgehead atoms. The SMILES string of the molecule is CCn1ncc2cc3nc(c21)CCCO[C@@H](CO)[C@@H](c1ccccc1)NN3. The fourth-order valence-corrected chi connectivity index (χ4v) is 3.61. The zero-order chi connectivity index (χ0) is 18.6. The summed E-state index contributed by atoms with van der Waals surface area (Å²) in [5.41, 5.74) is 9.67. The van der Waals surface area contributed by atoms with Crippen LogP contribution in [0.2, 0.25) is 0 Å². The molecule has 1 aliphatic heterocycles. The van der Waals surface area contributed by atoms with E-state index in [-0.39, 0.29) is 18.8 Å². The van der Waals surface area contributed by atoms with Gasteiger partial charge < -0.3 is 15.3 Å². The van der Waals surface area contributed by atoms with Crippen molar-refractivity contribution in [2.75, 3.05) is 18.6 Å². The van der Waals surface area contributed by atoms with E-state index in [9.17, 15) is 5.11 Å². The normalized spacial score (nSPS) is 20.8. The first-order valence-electron chi connectivity index (χ1n) is 9.44. The second kappa shape index (κ2) is 8.04. The second-order valence-electron chi connectivity index (χ2n) is 6.71. The number of hydrogen-bond acceptors (Lipinski definition) is 6. The van der Waals surface area contributed by atoms with Crippen molar-refractivity contribution in [1.29, 1.82) is 0 Å². The second-order valence-corrected chi connectivity index (χ2v) is 6.71. The third kappa shape index (κ3) is 3.66. The highest BCUT2D eigenvalue weighted by Crippen LogP contribution is 2.25. The summed E-state index contributed by atoms with van der Waals surface area (Å²) < 4.78 is 8.00. The van der Waals surface area contributed by atoms with Crippen molar-refractivity contribution >= 4 is 16.7 Å². The van der Waals surface area contributed by atoms with E-state index >= 15 is 0 Å². The minimum Gasteiger partial charge on any atom is -0.394 e. The van der Waals surface area contributed by atoms with Gasteiger partial charge in [-0.1, -0.05) is 30.3 Å². The molecule has 0 amide bonds. The van der Waals surface area contributed by atoms with E-state index < -0.39 is 0 Å². The lowest BCUT2D eigenvalue weighted by atomic mass is 10.0. The van der Waals surface area contributed by atoms with Crippen LogP contribution in [-0.4, -0.2) is 39.2 Å². The number of aliphatic hydroxyl groups is 1. The van der Waals surface area contributed by atoms with Crippen molar-refractivity contribution in [2.45, 2.75) is 38.5 Å². The lowest BCUT2D eigenvalue weighted by Crippen LogP contribution is -2.39. The molecule has 0 fully saturated rings. The van der Waals surface area contributed by atoms with Gasteiger partial charge in [0.05, 0.1) is 30.1 Å². The van der Waals surface area contributed by atoms with E-state index in [0.29, 0.717) is 6.61 Å². The monoisotopic (exact) mass is 367 g/mol. The highest BCUT2D eigenvalue weighted by atomic mass is 16.5. The molecule has 0 aliphatic carbocycles. The first-order chi connectivity index (χ1) is 13.3. The number of anilines is 1. The highest BCUT2D eigenvalue weighted by molar-refractivity contribution is 5.83. The summed E-state index contributed by atoms with van der Waals surface area (Å²) in [6.45, 7) is 3.38. The van der Waals surface area contributed by atoms with Gasteiger partial charge in [0.25, 0.3) is 0 Å². The van der Waals surface area contributed by atoms with Gasteiger partial charge in [0, 0.05) is 18.5 Å². The number of aryl methyl sites for hydroxylation is 2. The Balaban J connectivity index is 1.70. The van der Waals surface area contributed by atoms with Crippen molar-refractivity contribution < 1.29 is 9.84 Å². The molecule has 1 aliphatic rings. The number of hydrogen-bond donors (Lipinski definition) is 3. The zero-order valence-electron chi connectivity index (χ0n) is 15.4. The van der Waals surface area contributed by atoms with E-state index in [2.05, 4.69) is 22.9 Å². The third-order valence-corrected chi connectivity index (χ3v) is 4.94. The lowest BCUT2D eigenvalue weighted by molar-refractivity contribution is -0.0101. The first kappa shape index (κ1) is 17.9. The van der Waals surface area contributed by atoms with E-state index in [1.807, 2.05) is 47.3 Å². The van der Waals surface area contributed by atoms with Gasteiger partial charge in [0.2, 0.25) is 0 Å². The number of aliphatic hydroxyl groups excluding tert-OH is 1. The molecule has 2 atom stereocenters. The first-order valence-corrected chi connectivity index (χ1v) is 9.44. The lowest BCUT2D eigenvalue weighted by Gasteiger charge is -2.27. The molecular formula is C20H25N5O2. The van der Waals surface area contributed by atoms with Gasteiger partial charge in [-0.15, -0.1) is 0 Å². The minimum atomic E-state index is -0.350. The Morgan fingerprint density at radius 2 is 2.15 bits per heavy atom. The van der Waals surface area contributed by atoms with Gasteiger partial charge in [-0.25, -0.2) is 10.4 Å².